The molecule has 3 N–H and O–H groups in total. The first kappa shape index (κ1) is 16.2. The minimum absolute atomic E-state index is 0.00549. The molecule has 0 spiro atoms. The molecule has 0 bridgehead atoms. The number of alkyl carbamates (subject to hydrolysis) is 1. The lowest BCUT2D eigenvalue weighted by atomic mass is 10.0. The van der Waals surface area contributed by atoms with Crippen molar-refractivity contribution < 1.29 is 9.53 Å². The van der Waals surface area contributed by atoms with Crippen LogP contribution in [0.25, 0.3) is 0 Å². The summed E-state index contributed by atoms with van der Waals surface area (Å²) in [5.41, 5.74) is 5.54. The van der Waals surface area contributed by atoms with Gasteiger partial charge in [-0.15, -0.1) is 0 Å². The second kappa shape index (κ2) is 7.54. The molecule has 2 unspecified atom stereocenters. The van der Waals surface area contributed by atoms with Crippen molar-refractivity contribution in [2.24, 2.45) is 5.73 Å². The van der Waals surface area contributed by atoms with Gasteiger partial charge in [0.2, 0.25) is 0 Å². The summed E-state index contributed by atoms with van der Waals surface area (Å²) in [5.74, 6) is 0. The van der Waals surface area contributed by atoms with Crippen LogP contribution in [0.4, 0.5) is 4.79 Å². The Morgan fingerprint density at radius 2 is 1.94 bits per heavy atom. The third-order valence-electron chi connectivity index (χ3n) is 2.56. The molecular formula is C13H28N2O2. The van der Waals surface area contributed by atoms with E-state index in [2.05, 4.69) is 12.2 Å². The number of unbranched alkanes of at least 4 members (excludes halogenated alkanes) is 1. The Bertz CT molecular complexity index is 224. The first-order chi connectivity index (χ1) is 7.80. The zero-order chi connectivity index (χ0) is 13.5. The van der Waals surface area contributed by atoms with E-state index in [0.717, 1.165) is 25.7 Å². The quantitative estimate of drug-likeness (QED) is 0.755. The third kappa shape index (κ3) is 8.02. The molecular weight excluding hydrogens is 216 g/mol. The molecule has 1 amide bonds. The second-order valence-corrected chi connectivity index (χ2v) is 5.47. The Labute approximate surface area is 105 Å². The summed E-state index contributed by atoms with van der Waals surface area (Å²) in [4.78, 5) is 11.7. The molecule has 0 heterocycles. The van der Waals surface area contributed by atoms with Gasteiger partial charge in [-0.3, -0.25) is 0 Å². The molecule has 4 nitrogen and oxygen atoms in total. The van der Waals surface area contributed by atoms with Crippen LogP contribution < -0.4 is 11.1 Å². The first-order valence-corrected chi connectivity index (χ1v) is 6.55. The molecule has 0 rings (SSSR count). The molecule has 0 saturated heterocycles. The normalized spacial score (nSPS) is 15.2. The summed E-state index contributed by atoms with van der Waals surface area (Å²) in [5, 5.41) is 2.87. The van der Waals surface area contributed by atoms with Crippen LogP contribution in [0.2, 0.25) is 0 Å². The van der Waals surface area contributed by atoms with Crippen LogP contribution in [0.3, 0.4) is 0 Å². The number of amides is 1. The maximum atomic E-state index is 11.7. The van der Waals surface area contributed by atoms with Crippen molar-refractivity contribution in [1.29, 1.82) is 0 Å². The van der Waals surface area contributed by atoms with Gasteiger partial charge in [-0.1, -0.05) is 26.7 Å². The topological polar surface area (TPSA) is 64.3 Å². The Hall–Kier alpha value is -0.770. The highest BCUT2D eigenvalue weighted by Gasteiger charge is 2.22. The maximum Gasteiger partial charge on any atom is 0.407 e. The van der Waals surface area contributed by atoms with E-state index in [9.17, 15) is 4.79 Å². The van der Waals surface area contributed by atoms with Crippen molar-refractivity contribution in [2.45, 2.75) is 78.0 Å². The second-order valence-electron chi connectivity index (χ2n) is 5.47. The van der Waals surface area contributed by atoms with Gasteiger partial charge in [0.1, 0.15) is 5.60 Å². The summed E-state index contributed by atoms with van der Waals surface area (Å²) in [7, 11) is 0. The van der Waals surface area contributed by atoms with Gasteiger partial charge in [0, 0.05) is 12.1 Å². The van der Waals surface area contributed by atoms with E-state index >= 15 is 0 Å². The van der Waals surface area contributed by atoms with Crippen LogP contribution in [-0.4, -0.2) is 23.8 Å². The van der Waals surface area contributed by atoms with Crippen LogP contribution in [-0.2, 0) is 4.74 Å². The fourth-order valence-electron chi connectivity index (χ4n) is 1.56. The molecule has 0 saturated carbocycles. The number of rotatable bonds is 6. The summed E-state index contributed by atoms with van der Waals surface area (Å²) in [6.07, 6.45) is 3.55. The van der Waals surface area contributed by atoms with Gasteiger partial charge in [-0.05, 0) is 33.6 Å². The molecule has 2 atom stereocenters. The van der Waals surface area contributed by atoms with Gasteiger partial charge in [-0.2, -0.15) is 0 Å². The number of hydrogen-bond donors (Lipinski definition) is 2. The third-order valence-corrected chi connectivity index (χ3v) is 2.56. The Balaban J connectivity index is 4.27. The molecule has 0 aromatic carbocycles. The zero-order valence-corrected chi connectivity index (χ0v) is 11.9. The van der Waals surface area contributed by atoms with Gasteiger partial charge in [0.05, 0.1) is 0 Å². The van der Waals surface area contributed by atoms with E-state index in [1.165, 1.54) is 0 Å². The number of nitrogens with one attached hydrogen (secondary N) is 1. The molecule has 4 heteroatoms. The average molecular weight is 244 g/mol. The fourth-order valence-corrected chi connectivity index (χ4v) is 1.56. The highest BCUT2D eigenvalue weighted by atomic mass is 16.6. The predicted molar refractivity (Wildman–Crippen MR) is 70.9 cm³/mol. The standard InChI is InChI=1S/C13H28N2O2/c1-6-8-9-11(10(14)7-2)15-12(16)17-13(3,4)5/h10-11H,6-9,14H2,1-5H3,(H,15,16). The molecule has 0 aromatic rings. The van der Waals surface area contributed by atoms with Crippen molar-refractivity contribution in [3.8, 4) is 0 Å². The van der Waals surface area contributed by atoms with E-state index in [1.807, 2.05) is 27.7 Å². The van der Waals surface area contributed by atoms with Gasteiger partial charge >= 0.3 is 6.09 Å². The lowest BCUT2D eigenvalue weighted by molar-refractivity contribution is 0.0492. The van der Waals surface area contributed by atoms with E-state index in [-0.39, 0.29) is 18.2 Å². The molecule has 0 fully saturated rings. The smallest absolute Gasteiger partial charge is 0.407 e. The van der Waals surface area contributed by atoms with Crippen molar-refractivity contribution in [3.63, 3.8) is 0 Å². The summed E-state index contributed by atoms with van der Waals surface area (Å²) in [6.45, 7) is 9.72. The molecule has 0 radical (unpaired) electrons. The van der Waals surface area contributed by atoms with Gasteiger partial charge in [0.15, 0.2) is 0 Å². The van der Waals surface area contributed by atoms with E-state index in [0.29, 0.717) is 0 Å². The Kier molecular flexibility index (Phi) is 7.19. The summed E-state index contributed by atoms with van der Waals surface area (Å²) >= 11 is 0. The lowest BCUT2D eigenvalue weighted by Crippen LogP contribution is -2.48. The van der Waals surface area contributed by atoms with Crippen LogP contribution >= 0.6 is 0 Å². The number of nitrogens with two attached hydrogens (primary N) is 1. The minimum atomic E-state index is -0.463. The minimum Gasteiger partial charge on any atom is -0.444 e. The first-order valence-electron chi connectivity index (χ1n) is 6.55. The highest BCUT2D eigenvalue weighted by Crippen LogP contribution is 2.10. The van der Waals surface area contributed by atoms with Crippen molar-refractivity contribution >= 4 is 6.09 Å². The summed E-state index contributed by atoms with van der Waals surface area (Å²) in [6, 6.07) is 0.00358. The molecule has 0 aliphatic rings. The van der Waals surface area contributed by atoms with Crippen LogP contribution in [0.5, 0.6) is 0 Å². The summed E-state index contributed by atoms with van der Waals surface area (Å²) < 4.78 is 5.24. The largest absolute Gasteiger partial charge is 0.444 e. The van der Waals surface area contributed by atoms with Crippen LogP contribution in [0.1, 0.15) is 60.3 Å². The predicted octanol–water partition coefficient (Wildman–Crippen LogP) is 2.81. The van der Waals surface area contributed by atoms with Gasteiger partial charge in [-0.25, -0.2) is 4.79 Å². The maximum absolute atomic E-state index is 11.7. The average Bonchev–Trinajstić information content (AvgIpc) is 2.20. The van der Waals surface area contributed by atoms with E-state index < -0.39 is 5.60 Å². The van der Waals surface area contributed by atoms with E-state index in [1.54, 1.807) is 0 Å². The lowest BCUT2D eigenvalue weighted by Gasteiger charge is -2.26. The number of carbonyl (C=O) groups is 1. The number of ether oxygens (including phenoxy) is 1. The van der Waals surface area contributed by atoms with Gasteiger partial charge in [0.25, 0.3) is 0 Å². The molecule has 102 valence electrons. The van der Waals surface area contributed by atoms with Crippen LogP contribution in [0, 0.1) is 0 Å². The monoisotopic (exact) mass is 244 g/mol. The van der Waals surface area contributed by atoms with Crippen molar-refractivity contribution in [1.82, 2.24) is 5.32 Å². The fraction of sp³-hybridized carbons (Fsp3) is 0.923. The van der Waals surface area contributed by atoms with Gasteiger partial charge < -0.3 is 15.8 Å². The SMILES string of the molecule is CCCCC(NC(=O)OC(C)(C)C)C(N)CC. The Morgan fingerprint density at radius 3 is 2.35 bits per heavy atom. The van der Waals surface area contributed by atoms with E-state index in [4.69, 9.17) is 10.5 Å². The molecule has 0 aliphatic heterocycles. The Morgan fingerprint density at radius 1 is 1.35 bits per heavy atom. The highest BCUT2D eigenvalue weighted by molar-refractivity contribution is 5.68. The van der Waals surface area contributed by atoms with Crippen LogP contribution in [0.15, 0.2) is 0 Å². The number of carbonyl (C=O) groups excluding carboxylic acids is 1. The number of hydrogen-bond acceptors (Lipinski definition) is 3. The molecule has 17 heavy (non-hydrogen) atoms. The molecule has 0 aliphatic carbocycles. The zero-order valence-electron chi connectivity index (χ0n) is 11.9. The van der Waals surface area contributed by atoms with Crippen molar-refractivity contribution in [3.05, 3.63) is 0 Å². The molecule has 0 aromatic heterocycles. The van der Waals surface area contributed by atoms with Crippen molar-refractivity contribution in [2.75, 3.05) is 0 Å².